The first-order chi connectivity index (χ1) is 15.8. The molecule has 0 spiro atoms. The van der Waals surface area contributed by atoms with Crippen LogP contribution in [0, 0.1) is 18.6 Å². The van der Waals surface area contributed by atoms with Gasteiger partial charge in [0, 0.05) is 32.2 Å². The molecule has 9 nitrogen and oxygen atoms in total. The molecule has 2 aromatic rings. The number of piperazine rings is 1. The number of likely N-dealkylation sites (N-methyl/N-ethyl adjacent to an activating group) is 1. The van der Waals surface area contributed by atoms with Crippen molar-refractivity contribution in [2.75, 3.05) is 38.5 Å². The maximum atomic E-state index is 14.0. The lowest BCUT2D eigenvalue weighted by Crippen LogP contribution is -2.49. The van der Waals surface area contributed by atoms with Crippen LogP contribution in [0.3, 0.4) is 0 Å². The Morgan fingerprint density at radius 3 is 2.76 bits per heavy atom. The van der Waals surface area contributed by atoms with Gasteiger partial charge < -0.3 is 26.0 Å². The number of aryl methyl sites for hydroxylation is 1. The van der Waals surface area contributed by atoms with E-state index in [2.05, 4.69) is 32.3 Å². The Hall–Kier alpha value is -2.83. The summed E-state index contributed by atoms with van der Waals surface area (Å²) in [5.74, 6) is -2.62. The fourth-order valence-corrected chi connectivity index (χ4v) is 4.29. The lowest BCUT2D eigenvalue weighted by atomic mass is 10.1. The summed E-state index contributed by atoms with van der Waals surface area (Å²) in [6, 6.07) is 2.27. The SMILES string of the molecule is Cc1cc(F)c(COc2nsc(NC(=O)NCCCC3CNCCN3C)c2C(N)=O)c(F)c1. The average Bonchev–Trinajstić information content (AvgIpc) is 3.14. The fourth-order valence-electron chi connectivity index (χ4n) is 3.56. The molecule has 1 unspecified atom stereocenters. The van der Waals surface area contributed by atoms with Crippen molar-refractivity contribution in [3.63, 3.8) is 0 Å². The molecule has 1 aliphatic heterocycles. The molecule has 1 aromatic heterocycles. The van der Waals surface area contributed by atoms with Crippen molar-refractivity contribution in [2.45, 2.75) is 32.4 Å². The molecule has 1 atom stereocenters. The van der Waals surface area contributed by atoms with Crippen molar-refractivity contribution in [1.29, 1.82) is 0 Å². The van der Waals surface area contributed by atoms with Gasteiger partial charge in [0.05, 0.1) is 5.56 Å². The number of primary amides is 1. The molecule has 0 bridgehead atoms. The summed E-state index contributed by atoms with van der Waals surface area (Å²) in [4.78, 5) is 26.5. The summed E-state index contributed by atoms with van der Waals surface area (Å²) in [7, 11) is 2.09. The zero-order chi connectivity index (χ0) is 24.0. The third-order valence-electron chi connectivity index (χ3n) is 5.42. The molecule has 0 aliphatic carbocycles. The van der Waals surface area contributed by atoms with Gasteiger partial charge in [0.25, 0.3) is 5.91 Å². The number of halogens is 2. The maximum Gasteiger partial charge on any atom is 0.319 e. The summed E-state index contributed by atoms with van der Waals surface area (Å²) >= 11 is 0.791. The Kier molecular flexibility index (Phi) is 8.53. The second-order valence-electron chi connectivity index (χ2n) is 7.91. The molecule has 1 saturated heterocycles. The third kappa shape index (κ3) is 6.59. The Labute approximate surface area is 194 Å². The molecule has 1 aliphatic rings. The fraction of sp³-hybridized carbons (Fsp3) is 0.476. The van der Waals surface area contributed by atoms with Gasteiger partial charge in [-0.05, 0) is 56.0 Å². The first-order valence-corrected chi connectivity index (χ1v) is 11.4. The highest BCUT2D eigenvalue weighted by atomic mass is 32.1. The summed E-state index contributed by atoms with van der Waals surface area (Å²) in [5.41, 5.74) is 5.40. The molecule has 3 rings (SSSR count). The van der Waals surface area contributed by atoms with Crippen LogP contribution in [0.15, 0.2) is 12.1 Å². The summed E-state index contributed by atoms with van der Waals surface area (Å²) < 4.78 is 37.4. The van der Waals surface area contributed by atoms with Crippen LogP contribution in [-0.4, -0.2) is 60.5 Å². The van der Waals surface area contributed by atoms with E-state index >= 15 is 0 Å². The smallest absolute Gasteiger partial charge is 0.319 e. The molecule has 1 aromatic carbocycles. The minimum atomic E-state index is -0.883. The van der Waals surface area contributed by atoms with Gasteiger partial charge in [-0.1, -0.05) is 0 Å². The lowest BCUT2D eigenvalue weighted by Gasteiger charge is -2.33. The Morgan fingerprint density at radius 2 is 2.09 bits per heavy atom. The first kappa shape index (κ1) is 24.8. The second-order valence-corrected chi connectivity index (χ2v) is 8.69. The van der Waals surface area contributed by atoms with E-state index < -0.39 is 30.2 Å². The van der Waals surface area contributed by atoms with Crippen molar-refractivity contribution in [3.05, 3.63) is 40.5 Å². The molecule has 2 heterocycles. The molecule has 180 valence electrons. The van der Waals surface area contributed by atoms with Crippen LogP contribution in [0.5, 0.6) is 5.88 Å². The van der Waals surface area contributed by atoms with E-state index in [-0.39, 0.29) is 22.0 Å². The number of nitrogens with zero attached hydrogens (tertiary/aromatic N) is 2. The largest absolute Gasteiger partial charge is 0.471 e. The molecule has 33 heavy (non-hydrogen) atoms. The Bertz CT molecular complexity index is 979. The van der Waals surface area contributed by atoms with E-state index in [4.69, 9.17) is 10.5 Å². The first-order valence-electron chi connectivity index (χ1n) is 10.6. The van der Waals surface area contributed by atoms with E-state index in [1.165, 1.54) is 12.1 Å². The number of carbonyl (C=O) groups excluding carboxylic acids is 2. The number of rotatable bonds is 9. The summed E-state index contributed by atoms with van der Waals surface area (Å²) in [6.45, 7) is 4.43. The molecule has 12 heteroatoms. The minimum Gasteiger partial charge on any atom is -0.471 e. The standard InChI is InChI=1S/C21H28F2N6O3S/c1-12-8-15(22)14(16(23)9-12)11-32-19-17(18(24)30)20(33-28-19)27-21(31)26-5-3-4-13-10-25-6-7-29(13)2/h8-9,13,25H,3-7,10-11H2,1-2H3,(H2,24,30)(H2,26,27,31). The van der Waals surface area contributed by atoms with Crippen LogP contribution in [0.1, 0.15) is 34.3 Å². The third-order valence-corrected chi connectivity index (χ3v) is 6.16. The van der Waals surface area contributed by atoms with Crippen LogP contribution in [0.25, 0.3) is 0 Å². The Morgan fingerprint density at radius 1 is 1.36 bits per heavy atom. The highest BCUT2D eigenvalue weighted by molar-refractivity contribution is 7.11. The molecule has 3 amide bonds. The zero-order valence-electron chi connectivity index (χ0n) is 18.5. The van der Waals surface area contributed by atoms with Crippen molar-refractivity contribution in [2.24, 2.45) is 5.73 Å². The van der Waals surface area contributed by atoms with Crippen LogP contribution in [0.4, 0.5) is 18.6 Å². The second kappa shape index (κ2) is 11.3. The number of benzene rings is 1. The van der Waals surface area contributed by atoms with Gasteiger partial charge in [-0.25, -0.2) is 13.6 Å². The van der Waals surface area contributed by atoms with Crippen LogP contribution in [0.2, 0.25) is 0 Å². The molecule has 1 fully saturated rings. The van der Waals surface area contributed by atoms with E-state index in [1.54, 1.807) is 6.92 Å². The number of carbonyl (C=O) groups is 2. The van der Waals surface area contributed by atoms with Gasteiger partial charge >= 0.3 is 6.03 Å². The number of hydrogen-bond acceptors (Lipinski definition) is 7. The number of nitrogens with one attached hydrogen (secondary N) is 3. The molecule has 0 radical (unpaired) electrons. The van der Waals surface area contributed by atoms with Crippen LogP contribution >= 0.6 is 11.5 Å². The molecular weight excluding hydrogens is 454 g/mol. The topological polar surface area (TPSA) is 122 Å². The van der Waals surface area contributed by atoms with E-state index in [0.717, 1.165) is 44.0 Å². The van der Waals surface area contributed by atoms with Crippen LogP contribution < -0.4 is 26.4 Å². The summed E-state index contributed by atoms with van der Waals surface area (Å²) in [5, 5.41) is 8.72. The quantitative estimate of drug-likeness (QED) is 0.407. The van der Waals surface area contributed by atoms with Crippen molar-refractivity contribution >= 4 is 28.5 Å². The monoisotopic (exact) mass is 482 g/mol. The average molecular weight is 483 g/mol. The minimum absolute atomic E-state index is 0.0936. The van der Waals surface area contributed by atoms with Crippen molar-refractivity contribution in [1.82, 2.24) is 19.9 Å². The van der Waals surface area contributed by atoms with Crippen LogP contribution in [-0.2, 0) is 6.61 Å². The molecular formula is C21H28F2N6O3S. The van der Waals surface area contributed by atoms with E-state index in [0.29, 0.717) is 18.2 Å². The van der Waals surface area contributed by atoms with E-state index in [1.807, 2.05) is 0 Å². The number of anilines is 1. The van der Waals surface area contributed by atoms with Gasteiger partial charge in [-0.3, -0.25) is 10.1 Å². The molecule has 0 saturated carbocycles. The van der Waals surface area contributed by atoms with Gasteiger partial charge in [0.1, 0.15) is 28.8 Å². The number of urea groups is 1. The predicted octanol–water partition coefficient (Wildman–Crippen LogP) is 2.21. The van der Waals surface area contributed by atoms with Gasteiger partial charge in [-0.15, -0.1) is 0 Å². The van der Waals surface area contributed by atoms with Gasteiger partial charge in [0.2, 0.25) is 5.88 Å². The molecule has 5 N–H and O–H groups in total. The zero-order valence-corrected chi connectivity index (χ0v) is 19.4. The number of aromatic nitrogens is 1. The number of amides is 3. The maximum absolute atomic E-state index is 14.0. The normalized spacial score (nSPS) is 16.4. The summed E-state index contributed by atoms with van der Waals surface area (Å²) in [6.07, 6.45) is 1.72. The lowest BCUT2D eigenvalue weighted by molar-refractivity contribution is 0.0996. The van der Waals surface area contributed by atoms with Gasteiger partial charge in [0.15, 0.2) is 0 Å². The number of ether oxygens (including phenoxy) is 1. The number of hydrogen-bond donors (Lipinski definition) is 4. The van der Waals surface area contributed by atoms with Gasteiger partial charge in [-0.2, -0.15) is 4.37 Å². The van der Waals surface area contributed by atoms with Crippen molar-refractivity contribution < 1.29 is 23.1 Å². The highest BCUT2D eigenvalue weighted by Crippen LogP contribution is 2.31. The Balaban J connectivity index is 1.54. The van der Waals surface area contributed by atoms with E-state index in [9.17, 15) is 18.4 Å². The number of nitrogens with two attached hydrogens (primary N) is 1. The van der Waals surface area contributed by atoms with Crippen molar-refractivity contribution in [3.8, 4) is 5.88 Å². The predicted molar refractivity (Wildman–Crippen MR) is 122 cm³/mol. The highest BCUT2D eigenvalue weighted by Gasteiger charge is 2.23.